The standard InChI is InChI=1S/C11H22N2O3/c1-11(2,3)8-13(5)10(16)12(4)7-6-9(14)15/h6-8H2,1-5H3,(H,14,15). The van der Waals surface area contributed by atoms with Crippen LogP contribution in [0, 0.1) is 5.41 Å². The number of carbonyl (C=O) groups excluding carboxylic acids is 1. The summed E-state index contributed by atoms with van der Waals surface area (Å²) in [7, 11) is 3.34. The van der Waals surface area contributed by atoms with Crippen LogP contribution >= 0.6 is 0 Å². The van der Waals surface area contributed by atoms with Crippen molar-refractivity contribution < 1.29 is 14.7 Å². The van der Waals surface area contributed by atoms with Crippen LogP contribution in [0.3, 0.4) is 0 Å². The summed E-state index contributed by atoms with van der Waals surface area (Å²) >= 11 is 0. The Kier molecular flexibility index (Phi) is 5.27. The van der Waals surface area contributed by atoms with Crippen molar-refractivity contribution in [2.24, 2.45) is 5.41 Å². The molecule has 16 heavy (non-hydrogen) atoms. The van der Waals surface area contributed by atoms with Crippen LogP contribution in [-0.4, -0.2) is 54.1 Å². The van der Waals surface area contributed by atoms with Crippen molar-refractivity contribution in [2.45, 2.75) is 27.2 Å². The fraction of sp³-hybridized carbons (Fsp3) is 0.818. The molecular formula is C11H22N2O3. The number of carboxylic acids is 1. The van der Waals surface area contributed by atoms with E-state index in [4.69, 9.17) is 5.11 Å². The second-order valence-electron chi connectivity index (χ2n) is 5.26. The van der Waals surface area contributed by atoms with Crippen molar-refractivity contribution >= 4 is 12.0 Å². The summed E-state index contributed by atoms with van der Waals surface area (Å²) in [6, 6.07) is -0.142. The van der Waals surface area contributed by atoms with E-state index in [0.29, 0.717) is 6.54 Å². The Morgan fingerprint density at radius 3 is 2.00 bits per heavy atom. The van der Waals surface area contributed by atoms with E-state index in [1.807, 2.05) is 20.8 Å². The maximum Gasteiger partial charge on any atom is 0.319 e. The lowest BCUT2D eigenvalue weighted by molar-refractivity contribution is -0.137. The van der Waals surface area contributed by atoms with E-state index in [1.165, 1.54) is 4.90 Å². The van der Waals surface area contributed by atoms with Gasteiger partial charge in [-0.25, -0.2) is 4.79 Å². The van der Waals surface area contributed by atoms with Crippen LogP contribution in [0.4, 0.5) is 4.79 Å². The predicted octanol–water partition coefficient (Wildman–Crippen LogP) is 1.49. The first kappa shape index (κ1) is 14.7. The zero-order valence-corrected chi connectivity index (χ0v) is 10.8. The van der Waals surface area contributed by atoms with Crippen LogP contribution in [-0.2, 0) is 4.79 Å². The maximum atomic E-state index is 11.8. The molecule has 5 nitrogen and oxygen atoms in total. The van der Waals surface area contributed by atoms with Gasteiger partial charge in [0.05, 0.1) is 6.42 Å². The zero-order chi connectivity index (χ0) is 12.9. The molecule has 0 atom stereocenters. The summed E-state index contributed by atoms with van der Waals surface area (Å²) in [6.45, 7) is 7.03. The quantitative estimate of drug-likeness (QED) is 0.796. The number of nitrogens with zero attached hydrogens (tertiary/aromatic N) is 2. The number of rotatable bonds is 4. The summed E-state index contributed by atoms with van der Waals surface area (Å²) in [5.74, 6) is -0.891. The van der Waals surface area contributed by atoms with Crippen molar-refractivity contribution in [2.75, 3.05) is 27.2 Å². The Labute approximate surface area is 97.0 Å². The fourth-order valence-corrected chi connectivity index (χ4v) is 1.43. The van der Waals surface area contributed by atoms with Gasteiger partial charge in [0.1, 0.15) is 0 Å². The second-order valence-corrected chi connectivity index (χ2v) is 5.26. The molecule has 0 spiro atoms. The van der Waals surface area contributed by atoms with Crippen LogP contribution in [0.2, 0.25) is 0 Å². The Morgan fingerprint density at radius 2 is 1.62 bits per heavy atom. The molecular weight excluding hydrogens is 208 g/mol. The average molecular weight is 230 g/mol. The highest BCUT2D eigenvalue weighted by Crippen LogP contribution is 2.14. The molecule has 0 aromatic carbocycles. The van der Waals surface area contributed by atoms with Crippen LogP contribution in [0.15, 0.2) is 0 Å². The van der Waals surface area contributed by atoms with E-state index in [1.54, 1.807) is 19.0 Å². The minimum absolute atomic E-state index is 0.0222. The third-order valence-corrected chi connectivity index (χ3v) is 2.03. The van der Waals surface area contributed by atoms with Gasteiger partial charge in [-0.1, -0.05) is 20.8 Å². The molecule has 0 aromatic heterocycles. The van der Waals surface area contributed by atoms with E-state index >= 15 is 0 Å². The molecule has 0 aliphatic carbocycles. The smallest absolute Gasteiger partial charge is 0.319 e. The van der Waals surface area contributed by atoms with Gasteiger partial charge in [-0.05, 0) is 5.41 Å². The van der Waals surface area contributed by atoms with E-state index in [-0.39, 0.29) is 24.4 Å². The van der Waals surface area contributed by atoms with Gasteiger partial charge in [0.25, 0.3) is 0 Å². The van der Waals surface area contributed by atoms with Gasteiger partial charge in [-0.2, -0.15) is 0 Å². The molecule has 0 bridgehead atoms. The lowest BCUT2D eigenvalue weighted by Crippen LogP contribution is -2.43. The summed E-state index contributed by atoms with van der Waals surface area (Å²) in [6.07, 6.45) is -0.0222. The van der Waals surface area contributed by atoms with Crippen LogP contribution in [0.5, 0.6) is 0 Å². The first-order chi connectivity index (χ1) is 7.13. The van der Waals surface area contributed by atoms with Crippen molar-refractivity contribution in [3.05, 3.63) is 0 Å². The Hall–Kier alpha value is -1.26. The fourth-order valence-electron chi connectivity index (χ4n) is 1.43. The van der Waals surface area contributed by atoms with Gasteiger partial charge in [0.2, 0.25) is 0 Å². The van der Waals surface area contributed by atoms with E-state index in [2.05, 4.69) is 0 Å². The van der Waals surface area contributed by atoms with E-state index in [0.717, 1.165) is 0 Å². The maximum absolute atomic E-state index is 11.8. The summed E-state index contributed by atoms with van der Waals surface area (Å²) in [4.78, 5) is 25.2. The summed E-state index contributed by atoms with van der Waals surface area (Å²) < 4.78 is 0. The molecule has 0 aliphatic rings. The van der Waals surface area contributed by atoms with Crippen LogP contribution in [0.1, 0.15) is 27.2 Å². The second kappa shape index (κ2) is 5.72. The topological polar surface area (TPSA) is 60.9 Å². The Bertz CT molecular complexity index is 258. The van der Waals surface area contributed by atoms with Gasteiger partial charge in [-0.3, -0.25) is 4.79 Å². The van der Waals surface area contributed by atoms with Gasteiger partial charge >= 0.3 is 12.0 Å². The highest BCUT2D eigenvalue weighted by molar-refractivity contribution is 5.75. The molecule has 2 amide bonds. The third kappa shape index (κ3) is 6.27. The SMILES string of the molecule is CN(CCC(=O)O)C(=O)N(C)CC(C)(C)C. The number of urea groups is 1. The normalized spacial score (nSPS) is 11.1. The summed E-state index contributed by atoms with van der Waals surface area (Å²) in [5, 5.41) is 8.52. The number of amides is 2. The molecule has 0 radical (unpaired) electrons. The van der Waals surface area contributed by atoms with Crippen molar-refractivity contribution in [1.82, 2.24) is 9.80 Å². The summed E-state index contributed by atoms with van der Waals surface area (Å²) in [5.41, 5.74) is 0.0397. The highest BCUT2D eigenvalue weighted by Gasteiger charge is 2.20. The number of hydrogen-bond donors (Lipinski definition) is 1. The van der Waals surface area contributed by atoms with Crippen LogP contribution < -0.4 is 0 Å². The Morgan fingerprint density at radius 1 is 1.12 bits per heavy atom. The molecule has 0 fully saturated rings. The highest BCUT2D eigenvalue weighted by atomic mass is 16.4. The molecule has 0 saturated heterocycles. The number of hydrogen-bond acceptors (Lipinski definition) is 2. The molecule has 0 unspecified atom stereocenters. The zero-order valence-electron chi connectivity index (χ0n) is 10.8. The predicted molar refractivity (Wildman–Crippen MR) is 62.4 cm³/mol. The molecule has 94 valence electrons. The van der Waals surface area contributed by atoms with Gasteiger partial charge in [-0.15, -0.1) is 0 Å². The lowest BCUT2D eigenvalue weighted by Gasteiger charge is -2.30. The number of aliphatic carboxylic acids is 1. The molecule has 5 heteroatoms. The van der Waals surface area contributed by atoms with Gasteiger partial charge < -0.3 is 14.9 Å². The van der Waals surface area contributed by atoms with Crippen molar-refractivity contribution in [1.29, 1.82) is 0 Å². The molecule has 0 heterocycles. The van der Waals surface area contributed by atoms with Crippen LogP contribution in [0.25, 0.3) is 0 Å². The number of carbonyl (C=O) groups is 2. The Balaban J connectivity index is 4.17. The number of carboxylic acid groups (broad SMARTS) is 1. The van der Waals surface area contributed by atoms with Crippen molar-refractivity contribution in [3.63, 3.8) is 0 Å². The molecule has 0 saturated carbocycles. The van der Waals surface area contributed by atoms with E-state index in [9.17, 15) is 9.59 Å². The van der Waals surface area contributed by atoms with E-state index < -0.39 is 5.97 Å². The molecule has 0 aromatic rings. The van der Waals surface area contributed by atoms with Crippen molar-refractivity contribution in [3.8, 4) is 0 Å². The minimum Gasteiger partial charge on any atom is -0.481 e. The third-order valence-electron chi connectivity index (χ3n) is 2.03. The largest absolute Gasteiger partial charge is 0.481 e. The minimum atomic E-state index is -0.891. The molecule has 1 N–H and O–H groups in total. The lowest BCUT2D eigenvalue weighted by atomic mass is 9.96. The average Bonchev–Trinajstić information content (AvgIpc) is 2.10. The first-order valence-corrected chi connectivity index (χ1v) is 5.31. The molecule has 0 aliphatic heterocycles. The monoisotopic (exact) mass is 230 g/mol. The molecule has 0 rings (SSSR count). The first-order valence-electron chi connectivity index (χ1n) is 5.31. The van der Waals surface area contributed by atoms with Gasteiger partial charge in [0, 0.05) is 27.2 Å². The van der Waals surface area contributed by atoms with Gasteiger partial charge in [0.15, 0.2) is 0 Å².